The Balaban J connectivity index is 0. The summed E-state index contributed by atoms with van der Waals surface area (Å²) in [6.45, 7) is 5.98. The number of hydrogen-bond acceptors (Lipinski definition) is 2. The number of hydroxylamine groups is 3. The van der Waals surface area contributed by atoms with Gasteiger partial charge in [-0.05, 0) is 6.92 Å². The van der Waals surface area contributed by atoms with Crippen LogP contribution in [0.25, 0.3) is 0 Å². The fourth-order valence-corrected chi connectivity index (χ4v) is 0.345. The average Bonchev–Trinajstić information content (AvgIpc) is 1.87. The number of nitrogens with zero attached hydrogens (tertiary/aromatic N) is 1. The zero-order valence-electron chi connectivity index (χ0n) is 7.13. The van der Waals surface area contributed by atoms with Crippen molar-refractivity contribution in [3.8, 4) is 0 Å². The SMILES string of the molecule is C=CC(=O)O[N+](C)(C)CC.[Br-]. The fourth-order valence-electron chi connectivity index (χ4n) is 0.345. The van der Waals surface area contributed by atoms with Gasteiger partial charge in [0, 0.05) is 6.08 Å². The second-order valence-corrected chi connectivity index (χ2v) is 2.50. The molecule has 0 heterocycles. The van der Waals surface area contributed by atoms with Crippen LogP contribution in [0.3, 0.4) is 0 Å². The molecule has 0 saturated heterocycles. The van der Waals surface area contributed by atoms with E-state index in [1.807, 2.05) is 6.92 Å². The highest BCUT2D eigenvalue weighted by atomic mass is 79.9. The second kappa shape index (κ2) is 5.32. The van der Waals surface area contributed by atoms with Crippen LogP contribution in [0.1, 0.15) is 6.92 Å². The van der Waals surface area contributed by atoms with E-state index in [1.165, 1.54) is 0 Å². The van der Waals surface area contributed by atoms with Gasteiger partial charge in [0.2, 0.25) is 0 Å². The number of carbonyl (C=O) groups is 1. The van der Waals surface area contributed by atoms with Crippen LogP contribution in [-0.2, 0) is 9.63 Å². The van der Waals surface area contributed by atoms with Crippen molar-refractivity contribution in [2.24, 2.45) is 0 Å². The van der Waals surface area contributed by atoms with E-state index >= 15 is 0 Å². The van der Waals surface area contributed by atoms with E-state index in [9.17, 15) is 4.79 Å². The Morgan fingerprint density at radius 1 is 1.64 bits per heavy atom. The van der Waals surface area contributed by atoms with Gasteiger partial charge in [-0.3, -0.25) is 4.84 Å². The van der Waals surface area contributed by atoms with Crippen molar-refractivity contribution in [3.05, 3.63) is 12.7 Å². The van der Waals surface area contributed by atoms with Crippen LogP contribution in [0.5, 0.6) is 0 Å². The molecule has 0 fully saturated rings. The van der Waals surface area contributed by atoms with Crippen LogP contribution < -0.4 is 17.0 Å². The molecule has 0 atom stereocenters. The zero-order chi connectivity index (χ0) is 8.20. The lowest BCUT2D eigenvalue weighted by Crippen LogP contribution is -3.00. The van der Waals surface area contributed by atoms with Gasteiger partial charge in [0.05, 0.1) is 0 Å². The van der Waals surface area contributed by atoms with Crippen LogP contribution in [0.15, 0.2) is 12.7 Å². The van der Waals surface area contributed by atoms with Crippen molar-refractivity contribution >= 4 is 5.97 Å². The molecule has 0 rings (SSSR count). The lowest BCUT2D eigenvalue weighted by Gasteiger charge is -2.23. The summed E-state index contributed by atoms with van der Waals surface area (Å²) in [5, 5.41) is 0. The van der Waals surface area contributed by atoms with Crippen molar-refractivity contribution in [1.29, 1.82) is 0 Å². The van der Waals surface area contributed by atoms with E-state index in [1.54, 1.807) is 14.1 Å². The molecule has 0 spiro atoms. The molecule has 0 bridgehead atoms. The highest BCUT2D eigenvalue weighted by Gasteiger charge is 2.16. The molecule has 4 heteroatoms. The van der Waals surface area contributed by atoms with Crippen molar-refractivity contribution in [2.75, 3.05) is 20.6 Å². The standard InChI is InChI=1S/C7H14NO2.BrH/c1-5-7(9)10-8(3,4)6-2;/h5H,1,6H2,2-4H3;1H/q+1;/p-1. The van der Waals surface area contributed by atoms with Crippen molar-refractivity contribution in [1.82, 2.24) is 0 Å². The van der Waals surface area contributed by atoms with Gasteiger partial charge in [-0.1, -0.05) is 6.58 Å². The predicted molar refractivity (Wildman–Crippen MR) is 38.9 cm³/mol. The normalized spacial score (nSPS) is 9.73. The van der Waals surface area contributed by atoms with Crippen LogP contribution in [0.4, 0.5) is 0 Å². The maximum atomic E-state index is 10.6. The first-order chi connectivity index (χ1) is 4.52. The largest absolute Gasteiger partial charge is 1.00 e. The number of halogens is 1. The van der Waals surface area contributed by atoms with E-state index in [0.717, 1.165) is 12.6 Å². The lowest BCUT2D eigenvalue weighted by atomic mass is 10.6. The Morgan fingerprint density at radius 2 is 2.09 bits per heavy atom. The Hall–Kier alpha value is -0.350. The summed E-state index contributed by atoms with van der Waals surface area (Å²) in [5.41, 5.74) is 0. The van der Waals surface area contributed by atoms with Crippen molar-refractivity contribution in [2.45, 2.75) is 6.92 Å². The number of hydrogen-bond donors (Lipinski definition) is 0. The summed E-state index contributed by atoms with van der Waals surface area (Å²) in [5.74, 6) is -0.383. The fraction of sp³-hybridized carbons (Fsp3) is 0.571. The van der Waals surface area contributed by atoms with E-state index in [0.29, 0.717) is 0 Å². The molecule has 0 aliphatic rings. The van der Waals surface area contributed by atoms with Gasteiger partial charge < -0.3 is 17.0 Å². The molecule has 0 N–H and O–H groups in total. The minimum atomic E-state index is -0.383. The van der Waals surface area contributed by atoms with Gasteiger partial charge in [-0.2, -0.15) is 0 Å². The molecule has 0 saturated carbocycles. The molecule has 0 aromatic heterocycles. The topological polar surface area (TPSA) is 26.3 Å². The van der Waals surface area contributed by atoms with Crippen molar-refractivity contribution in [3.63, 3.8) is 0 Å². The summed E-state index contributed by atoms with van der Waals surface area (Å²) < 4.78 is 0.241. The average molecular weight is 224 g/mol. The highest BCUT2D eigenvalue weighted by Crippen LogP contribution is 1.97. The maximum Gasteiger partial charge on any atom is 0.389 e. The second-order valence-electron chi connectivity index (χ2n) is 2.50. The Bertz CT molecular complexity index is 145. The third-order valence-electron chi connectivity index (χ3n) is 1.27. The third kappa shape index (κ3) is 6.06. The Kier molecular flexibility index (Phi) is 6.41. The van der Waals surface area contributed by atoms with Crippen LogP contribution >= 0.6 is 0 Å². The molecule has 0 aliphatic carbocycles. The van der Waals surface area contributed by atoms with Crippen LogP contribution in [0.2, 0.25) is 0 Å². The molecule has 0 aliphatic heterocycles. The molecule has 0 unspecified atom stereocenters. The Morgan fingerprint density at radius 3 is 2.36 bits per heavy atom. The van der Waals surface area contributed by atoms with Crippen LogP contribution in [0, 0.1) is 0 Å². The molecule has 0 aromatic carbocycles. The summed E-state index contributed by atoms with van der Waals surface area (Å²) in [4.78, 5) is 15.5. The minimum Gasteiger partial charge on any atom is -1.00 e. The van der Waals surface area contributed by atoms with E-state index in [2.05, 4.69) is 6.58 Å². The molecule has 11 heavy (non-hydrogen) atoms. The summed E-state index contributed by atoms with van der Waals surface area (Å²) in [6, 6.07) is 0. The van der Waals surface area contributed by atoms with Gasteiger partial charge in [0.1, 0.15) is 20.6 Å². The van der Waals surface area contributed by atoms with Gasteiger partial charge >= 0.3 is 5.97 Å². The van der Waals surface area contributed by atoms with Crippen molar-refractivity contribution < 1.29 is 31.3 Å². The Labute approximate surface area is 78.0 Å². The third-order valence-corrected chi connectivity index (χ3v) is 1.27. The van der Waals surface area contributed by atoms with Gasteiger partial charge in [-0.15, -0.1) is 4.65 Å². The molecular weight excluding hydrogens is 210 g/mol. The summed E-state index contributed by atoms with van der Waals surface area (Å²) >= 11 is 0. The zero-order valence-corrected chi connectivity index (χ0v) is 8.72. The van der Waals surface area contributed by atoms with Gasteiger partial charge in [0.15, 0.2) is 0 Å². The van der Waals surface area contributed by atoms with E-state index in [-0.39, 0.29) is 27.6 Å². The van der Waals surface area contributed by atoms with E-state index < -0.39 is 0 Å². The molecule has 0 amide bonds. The summed E-state index contributed by atoms with van der Waals surface area (Å²) in [6.07, 6.45) is 1.16. The molecule has 0 aromatic rings. The summed E-state index contributed by atoms with van der Waals surface area (Å²) in [7, 11) is 3.61. The quantitative estimate of drug-likeness (QED) is 0.307. The molecule has 0 radical (unpaired) electrons. The first-order valence-electron chi connectivity index (χ1n) is 3.21. The maximum absolute atomic E-state index is 10.6. The number of carbonyl (C=O) groups excluding carboxylic acids is 1. The van der Waals surface area contributed by atoms with Gasteiger partial charge in [0.25, 0.3) is 0 Å². The minimum absolute atomic E-state index is 0. The number of rotatable bonds is 3. The first kappa shape index (κ1) is 13.3. The van der Waals surface area contributed by atoms with Gasteiger partial charge in [-0.25, -0.2) is 4.79 Å². The molecule has 3 nitrogen and oxygen atoms in total. The first-order valence-corrected chi connectivity index (χ1v) is 3.21. The smallest absolute Gasteiger partial charge is 0.389 e. The van der Waals surface area contributed by atoms with E-state index in [4.69, 9.17) is 4.84 Å². The van der Waals surface area contributed by atoms with Crippen LogP contribution in [-0.4, -0.2) is 31.3 Å². The predicted octanol–water partition coefficient (Wildman–Crippen LogP) is -2.27. The molecule has 66 valence electrons. The number of quaternary nitrogens is 1. The highest BCUT2D eigenvalue weighted by molar-refractivity contribution is 5.80. The monoisotopic (exact) mass is 223 g/mol. The molecular formula is C7H14BrNO2. The lowest BCUT2D eigenvalue weighted by molar-refractivity contribution is -1.06.